The van der Waals surface area contributed by atoms with Crippen molar-refractivity contribution in [3.8, 4) is 0 Å². The Kier molecular flexibility index (Phi) is 4.51. The van der Waals surface area contributed by atoms with E-state index >= 15 is 0 Å². The number of fused-ring (bicyclic) bond motifs is 1. The summed E-state index contributed by atoms with van der Waals surface area (Å²) in [6, 6.07) is 9.84. The van der Waals surface area contributed by atoms with Crippen LogP contribution >= 0.6 is 0 Å². The third-order valence-corrected chi connectivity index (χ3v) is 4.67. The van der Waals surface area contributed by atoms with Gasteiger partial charge in [0, 0.05) is 37.6 Å². The van der Waals surface area contributed by atoms with E-state index in [0.717, 1.165) is 48.5 Å². The van der Waals surface area contributed by atoms with Crippen molar-refractivity contribution in [3.63, 3.8) is 0 Å². The summed E-state index contributed by atoms with van der Waals surface area (Å²) < 4.78 is 5.17. The molecule has 1 fully saturated rings. The number of aromatic nitrogens is 3. The maximum atomic E-state index is 12.6. The van der Waals surface area contributed by atoms with Gasteiger partial charge in [-0.1, -0.05) is 17.3 Å². The second-order valence-electron chi connectivity index (χ2n) is 6.55. The summed E-state index contributed by atoms with van der Waals surface area (Å²) in [5, 5.41) is 4.89. The third-order valence-electron chi connectivity index (χ3n) is 4.67. The highest BCUT2D eigenvalue weighted by Gasteiger charge is 2.22. The van der Waals surface area contributed by atoms with Crippen LogP contribution in [0.15, 0.2) is 41.2 Å². The maximum Gasteiger partial charge on any atom is 0.230 e. The predicted molar refractivity (Wildman–Crippen MR) is 97.9 cm³/mol. The molecule has 134 valence electrons. The molecule has 0 radical (unpaired) electrons. The Labute approximate surface area is 151 Å². The van der Waals surface area contributed by atoms with Crippen molar-refractivity contribution in [2.45, 2.75) is 19.8 Å². The Balaban J connectivity index is 1.47. The fourth-order valence-corrected chi connectivity index (χ4v) is 3.38. The Morgan fingerprint density at radius 1 is 1.15 bits per heavy atom. The van der Waals surface area contributed by atoms with E-state index in [0.29, 0.717) is 12.3 Å². The van der Waals surface area contributed by atoms with Gasteiger partial charge in [-0.25, -0.2) is 9.97 Å². The number of carbonyl (C=O) groups is 1. The number of rotatable bonds is 3. The molecule has 26 heavy (non-hydrogen) atoms. The lowest BCUT2D eigenvalue weighted by molar-refractivity contribution is -0.130. The van der Waals surface area contributed by atoms with Crippen molar-refractivity contribution in [1.82, 2.24) is 20.0 Å². The predicted octanol–water partition coefficient (Wildman–Crippen LogP) is 2.21. The van der Waals surface area contributed by atoms with Crippen LogP contribution in [0, 0.1) is 6.92 Å². The van der Waals surface area contributed by atoms with Crippen molar-refractivity contribution >= 4 is 22.6 Å². The van der Waals surface area contributed by atoms with Crippen LogP contribution in [0.2, 0.25) is 0 Å². The number of nitrogens with zero attached hydrogens (tertiary/aromatic N) is 5. The lowest BCUT2D eigenvalue weighted by Crippen LogP contribution is -2.36. The van der Waals surface area contributed by atoms with Crippen LogP contribution in [0.1, 0.15) is 17.9 Å². The van der Waals surface area contributed by atoms with Crippen LogP contribution in [0.4, 0.5) is 5.82 Å². The van der Waals surface area contributed by atoms with E-state index in [9.17, 15) is 4.79 Å². The molecule has 0 aliphatic carbocycles. The Morgan fingerprint density at radius 2 is 2.04 bits per heavy atom. The van der Waals surface area contributed by atoms with Crippen LogP contribution in [0.5, 0.6) is 0 Å². The molecule has 1 aromatic carbocycles. The monoisotopic (exact) mass is 351 g/mol. The molecule has 7 nitrogen and oxygen atoms in total. The summed E-state index contributed by atoms with van der Waals surface area (Å²) in [7, 11) is 0. The van der Waals surface area contributed by atoms with E-state index in [2.05, 4.69) is 20.0 Å². The molecule has 1 aliphatic heterocycles. The molecule has 2 aromatic heterocycles. The first-order valence-electron chi connectivity index (χ1n) is 8.85. The van der Waals surface area contributed by atoms with Crippen molar-refractivity contribution in [1.29, 1.82) is 0 Å². The highest BCUT2D eigenvalue weighted by molar-refractivity contribution is 5.89. The van der Waals surface area contributed by atoms with Gasteiger partial charge in [0.25, 0.3) is 0 Å². The molecular weight excluding hydrogens is 330 g/mol. The molecule has 0 saturated carbocycles. The standard InChI is InChI=1S/C19H21N5O2/c1-14-11-15(26-22-14)12-18(25)23-7-4-8-24(10-9-23)19-16-5-2-3-6-17(16)20-13-21-19/h2-3,5-6,11,13H,4,7-10,12H2,1H3. The number of aryl methyl sites for hydroxylation is 1. The van der Waals surface area contributed by atoms with Gasteiger partial charge in [-0.3, -0.25) is 4.79 Å². The highest BCUT2D eigenvalue weighted by Crippen LogP contribution is 2.23. The van der Waals surface area contributed by atoms with E-state index in [1.807, 2.05) is 42.2 Å². The van der Waals surface area contributed by atoms with Gasteiger partial charge in [0.05, 0.1) is 17.6 Å². The van der Waals surface area contributed by atoms with E-state index in [-0.39, 0.29) is 12.3 Å². The second-order valence-corrected chi connectivity index (χ2v) is 6.55. The molecule has 3 heterocycles. The summed E-state index contributed by atoms with van der Waals surface area (Å²) in [5.41, 5.74) is 1.74. The van der Waals surface area contributed by atoms with Gasteiger partial charge in [-0.05, 0) is 25.5 Å². The molecule has 0 unspecified atom stereocenters. The number of benzene rings is 1. The number of hydrogen-bond acceptors (Lipinski definition) is 6. The van der Waals surface area contributed by atoms with E-state index < -0.39 is 0 Å². The quantitative estimate of drug-likeness (QED) is 0.720. The number of carbonyl (C=O) groups excluding carboxylic acids is 1. The first-order valence-corrected chi connectivity index (χ1v) is 8.85. The summed E-state index contributed by atoms with van der Waals surface area (Å²) in [6.45, 7) is 4.89. The molecule has 0 bridgehead atoms. The zero-order valence-electron chi connectivity index (χ0n) is 14.8. The van der Waals surface area contributed by atoms with Crippen molar-refractivity contribution in [2.75, 3.05) is 31.1 Å². The molecule has 7 heteroatoms. The Bertz CT molecular complexity index is 918. The fraction of sp³-hybridized carbons (Fsp3) is 0.368. The average Bonchev–Trinajstić information content (AvgIpc) is 2.92. The minimum absolute atomic E-state index is 0.0792. The Hall–Kier alpha value is -2.96. The molecule has 0 atom stereocenters. The molecular formula is C19H21N5O2. The van der Waals surface area contributed by atoms with Gasteiger partial charge < -0.3 is 14.3 Å². The van der Waals surface area contributed by atoms with Crippen molar-refractivity contribution in [3.05, 3.63) is 48.1 Å². The average molecular weight is 351 g/mol. The van der Waals surface area contributed by atoms with Crippen LogP contribution in [0.3, 0.4) is 0 Å². The normalized spacial score (nSPS) is 15.3. The number of amides is 1. The maximum absolute atomic E-state index is 12.6. The minimum Gasteiger partial charge on any atom is -0.361 e. The SMILES string of the molecule is Cc1cc(CC(=O)N2CCCN(c3ncnc4ccccc34)CC2)on1. The fourth-order valence-electron chi connectivity index (χ4n) is 3.38. The zero-order valence-corrected chi connectivity index (χ0v) is 14.8. The van der Waals surface area contributed by atoms with Crippen molar-refractivity contribution < 1.29 is 9.32 Å². The van der Waals surface area contributed by atoms with Gasteiger partial charge in [0.2, 0.25) is 5.91 Å². The van der Waals surface area contributed by atoms with Crippen LogP contribution in [0.25, 0.3) is 10.9 Å². The van der Waals surface area contributed by atoms with Crippen LogP contribution in [-0.4, -0.2) is 52.1 Å². The van der Waals surface area contributed by atoms with Gasteiger partial charge in [-0.2, -0.15) is 0 Å². The Morgan fingerprint density at radius 3 is 2.88 bits per heavy atom. The summed E-state index contributed by atoms with van der Waals surface area (Å²) >= 11 is 0. The smallest absolute Gasteiger partial charge is 0.230 e. The zero-order chi connectivity index (χ0) is 17.9. The molecule has 3 aromatic rings. The first kappa shape index (κ1) is 16.5. The van der Waals surface area contributed by atoms with Gasteiger partial charge in [0.1, 0.15) is 17.9 Å². The largest absolute Gasteiger partial charge is 0.361 e. The van der Waals surface area contributed by atoms with Gasteiger partial charge >= 0.3 is 0 Å². The number of hydrogen-bond donors (Lipinski definition) is 0. The topological polar surface area (TPSA) is 75.4 Å². The van der Waals surface area contributed by atoms with E-state index in [1.54, 1.807) is 6.33 Å². The molecule has 0 spiro atoms. The number of para-hydroxylation sites is 1. The third kappa shape index (κ3) is 3.37. The summed E-state index contributed by atoms with van der Waals surface area (Å²) in [6.07, 6.45) is 2.77. The first-order chi connectivity index (χ1) is 12.7. The van der Waals surface area contributed by atoms with E-state index in [4.69, 9.17) is 4.52 Å². The highest BCUT2D eigenvalue weighted by atomic mass is 16.5. The molecule has 0 N–H and O–H groups in total. The van der Waals surface area contributed by atoms with Gasteiger partial charge in [0.15, 0.2) is 0 Å². The molecule has 1 aliphatic rings. The molecule has 1 saturated heterocycles. The molecule has 4 rings (SSSR count). The van der Waals surface area contributed by atoms with Gasteiger partial charge in [-0.15, -0.1) is 0 Å². The van der Waals surface area contributed by atoms with Crippen LogP contribution < -0.4 is 4.90 Å². The second kappa shape index (κ2) is 7.11. The summed E-state index contributed by atoms with van der Waals surface area (Å²) in [4.78, 5) is 25.6. The lowest BCUT2D eigenvalue weighted by atomic mass is 10.2. The minimum atomic E-state index is 0.0792. The van der Waals surface area contributed by atoms with Crippen LogP contribution in [-0.2, 0) is 11.2 Å². The summed E-state index contributed by atoms with van der Waals surface area (Å²) in [5.74, 6) is 1.64. The van der Waals surface area contributed by atoms with E-state index in [1.165, 1.54) is 0 Å². The lowest BCUT2D eigenvalue weighted by Gasteiger charge is -2.23. The molecule has 1 amide bonds. The number of anilines is 1. The van der Waals surface area contributed by atoms with Crippen molar-refractivity contribution in [2.24, 2.45) is 0 Å².